The van der Waals surface area contributed by atoms with Crippen molar-refractivity contribution in [2.24, 2.45) is 0 Å². The molecule has 0 radical (unpaired) electrons. The van der Waals surface area contributed by atoms with Gasteiger partial charge in [0.25, 0.3) is 11.6 Å². The SMILES string of the molecule is Cc1ccc(-c2nc(CCNC(=O)c3cc([N+](=O)[O-])ccc3Cl)co2)cc1. The minimum Gasteiger partial charge on any atom is -0.444 e. The van der Waals surface area contributed by atoms with E-state index in [-0.39, 0.29) is 22.8 Å². The highest BCUT2D eigenvalue weighted by atomic mass is 35.5. The van der Waals surface area contributed by atoms with Gasteiger partial charge >= 0.3 is 0 Å². The number of aromatic nitrogens is 1. The van der Waals surface area contributed by atoms with E-state index in [9.17, 15) is 14.9 Å². The Kier molecular flexibility index (Phi) is 5.52. The minimum absolute atomic E-state index is 0.0614. The Morgan fingerprint density at radius 3 is 2.70 bits per heavy atom. The number of non-ortho nitro benzene ring substituents is 1. The molecule has 1 heterocycles. The van der Waals surface area contributed by atoms with Gasteiger partial charge in [0.1, 0.15) is 6.26 Å². The van der Waals surface area contributed by atoms with Crippen molar-refractivity contribution in [2.45, 2.75) is 13.3 Å². The van der Waals surface area contributed by atoms with Crippen molar-refractivity contribution in [3.8, 4) is 11.5 Å². The lowest BCUT2D eigenvalue weighted by molar-refractivity contribution is -0.384. The largest absolute Gasteiger partial charge is 0.444 e. The molecule has 27 heavy (non-hydrogen) atoms. The number of aryl methyl sites for hydroxylation is 1. The average molecular weight is 386 g/mol. The fourth-order valence-electron chi connectivity index (χ4n) is 2.45. The van der Waals surface area contributed by atoms with E-state index >= 15 is 0 Å². The van der Waals surface area contributed by atoms with E-state index in [1.807, 2.05) is 31.2 Å². The third kappa shape index (κ3) is 4.51. The van der Waals surface area contributed by atoms with Gasteiger partial charge in [0, 0.05) is 30.7 Å². The molecule has 0 aliphatic carbocycles. The van der Waals surface area contributed by atoms with Crippen LogP contribution in [0.5, 0.6) is 0 Å². The summed E-state index contributed by atoms with van der Waals surface area (Å²) in [6.45, 7) is 2.29. The normalized spacial score (nSPS) is 10.6. The molecule has 1 amide bonds. The van der Waals surface area contributed by atoms with Crippen molar-refractivity contribution in [1.82, 2.24) is 10.3 Å². The summed E-state index contributed by atoms with van der Waals surface area (Å²) in [5, 5.41) is 13.7. The highest BCUT2D eigenvalue weighted by Gasteiger charge is 2.16. The van der Waals surface area contributed by atoms with E-state index in [4.69, 9.17) is 16.0 Å². The third-order valence-corrected chi connectivity index (χ3v) is 4.25. The van der Waals surface area contributed by atoms with Crippen LogP contribution in [0.25, 0.3) is 11.5 Å². The van der Waals surface area contributed by atoms with Crippen molar-refractivity contribution in [2.75, 3.05) is 6.54 Å². The zero-order chi connectivity index (χ0) is 19.4. The van der Waals surface area contributed by atoms with Crippen molar-refractivity contribution >= 4 is 23.2 Å². The molecule has 0 saturated heterocycles. The van der Waals surface area contributed by atoms with Crippen LogP contribution in [0.2, 0.25) is 5.02 Å². The van der Waals surface area contributed by atoms with E-state index in [0.717, 1.165) is 17.2 Å². The molecule has 0 aliphatic heterocycles. The molecule has 0 saturated carbocycles. The Labute approximate surface area is 160 Å². The molecule has 0 spiro atoms. The van der Waals surface area contributed by atoms with Crippen LogP contribution >= 0.6 is 11.6 Å². The number of amides is 1. The Hall–Kier alpha value is -3.19. The summed E-state index contributed by atoms with van der Waals surface area (Å²) < 4.78 is 5.47. The van der Waals surface area contributed by atoms with Crippen LogP contribution in [0.3, 0.4) is 0 Å². The van der Waals surface area contributed by atoms with E-state index < -0.39 is 10.8 Å². The van der Waals surface area contributed by atoms with Gasteiger partial charge in [-0.15, -0.1) is 0 Å². The van der Waals surface area contributed by atoms with Gasteiger partial charge in [-0.25, -0.2) is 4.98 Å². The zero-order valence-corrected chi connectivity index (χ0v) is 15.2. The molecule has 1 N–H and O–H groups in total. The minimum atomic E-state index is -0.574. The van der Waals surface area contributed by atoms with Gasteiger partial charge in [-0.3, -0.25) is 14.9 Å². The van der Waals surface area contributed by atoms with Gasteiger partial charge < -0.3 is 9.73 Å². The molecular formula is C19H16ClN3O4. The molecule has 3 aromatic rings. The van der Waals surface area contributed by atoms with Gasteiger partial charge in [0.05, 0.1) is 21.2 Å². The van der Waals surface area contributed by atoms with Crippen molar-refractivity contribution in [3.63, 3.8) is 0 Å². The lowest BCUT2D eigenvalue weighted by atomic mass is 10.1. The number of benzene rings is 2. The van der Waals surface area contributed by atoms with E-state index in [1.165, 1.54) is 12.1 Å². The van der Waals surface area contributed by atoms with Gasteiger partial charge in [-0.05, 0) is 25.1 Å². The van der Waals surface area contributed by atoms with Gasteiger partial charge in [0.15, 0.2) is 0 Å². The van der Waals surface area contributed by atoms with Crippen LogP contribution in [0.4, 0.5) is 5.69 Å². The van der Waals surface area contributed by atoms with Crippen molar-refractivity contribution in [1.29, 1.82) is 0 Å². The summed E-state index contributed by atoms with van der Waals surface area (Å²) in [6, 6.07) is 11.5. The molecule has 8 heteroatoms. The second kappa shape index (κ2) is 8.01. The van der Waals surface area contributed by atoms with Crippen LogP contribution in [0.1, 0.15) is 21.6 Å². The summed E-state index contributed by atoms with van der Waals surface area (Å²) in [5.74, 6) is 0.0315. The maximum absolute atomic E-state index is 12.2. The number of oxazole rings is 1. The van der Waals surface area contributed by atoms with E-state index in [0.29, 0.717) is 18.0 Å². The maximum Gasteiger partial charge on any atom is 0.270 e. The van der Waals surface area contributed by atoms with Gasteiger partial charge in [0.2, 0.25) is 5.89 Å². The number of nitro groups is 1. The predicted octanol–water partition coefficient (Wildman–Crippen LogP) is 4.18. The molecule has 7 nitrogen and oxygen atoms in total. The first-order valence-corrected chi connectivity index (χ1v) is 8.55. The monoisotopic (exact) mass is 385 g/mol. The van der Waals surface area contributed by atoms with Crippen LogP contribution < -0.4 is 5.32 Å². The number of rotatable bonds is 6. The number of hydrogen-bond acceptors (Lipinski definition) is 5. The smallest absolute Gasteiger partial charge is 0.270 e. The first-order valence-electron chi connectivity index (χ1n) is 8.17. The standard InChI is InChI=1S/C19H16ClN3O4/c1-12-2-4-13(5-3-12)19-22-14(11-27-19)8-9-21-18(24)16-10-15(23(25)26)6-7-17(16)20/h2-7,10-11H,8-9H2,1H3,(H,21,24). The molecule has 0 bridgehead atoms. The Morgan fingerprint density at radius 1 is 1.26 bits per heavy atom. The van der Waals surface area contributed by atoms with Crippen LogP contribution in [0.15, 0.2) is 53.1 Å². The molecule has 0 unspecified atom stereocenters. The van der Waals surface area contributed by atoms with Crippen LogP contribution in [-0.2, 0) is 6.42 Å². The summed E-state index contributed by atoms with van der Waals surface area (Å²) in [4.78, 5) is 26.9. The lowest BCUT2D eigenvalue weighted by Gasteiger charge is -2.05. The van der Waals surface area contributed by atoms with Crippen molar-refractivity contribution in [3.05, 3.63) is 80.7 Å². The first-order chi connectivity index (χ1) is 12.9. The number of nitrogens with one attached hydrogen (secondary N) is 1. The number of nitrogens with zero attached hydrogens (tertiary/aromatic N) is 2. The molecule has 1 aromatic heterocycles. The Balaban J connectivity index is 1.60. The summed E-state index contributed by atoms with van der Waals surface area (Å²) in [7, 11) is 0. The molecule has 3 rings (SSSR count). The Morgan fingerprint density at radius 2 is 2.00 bits per heavy atom. The van der Waals surface area contributed by atoms with Crippen LogP contribution in [0, 0.1) is 17.0 Å². The Bertz CT molecular complexity index is 983. The topological polar surface area (TPSA) is 98.3 Å². The van der Waals surface area contributed by atoms with E-state index in [1.54, 1.807) is 6.26 Å². The highest BCUT2D eigenvalue weighted by molar-refractivity contribution is 6.33. The number of halogens is 1. The lowest BCUT2D eigenvalue weighted by Crippen LogP contribution is -2.26. The third-order valence-electron chi connectivity index (χ3n) is 3.92. The summed E-state index contributed by atoms with van der Waals surface area (Å²) in [5.41, 5.74) is 2.58. The zero-order valence-electron chi connectivity index (χ0n) is 14.4. The van der Waals surface area contributed by atoms with Gasteiger partial charge in [-0.2, -0.15) is 0 Å². The quantitative estimate of drug-likeness (QED) is 0.506. The van der Waals surface area contributed by atoms with Crippen molar-refractivity contribution < 1.29 is 14.1 Å². The highest BCUT2D eigenvalue weighted by Crippen LogP contribution is 2.22. The molecule has 2 aromatic carbocycles. The molecular weight excluding hydrogens is 370 g/mol. The fourth-order valence-corrected chi connectivity index (χ4v) is 2.65. The summed E-state index contributed by atoms with van der Waals surface area (Å²) >= 11 is 5.96. The average Bonchev–Trinajstić information content (AvgIpc) is 3.11. The number of hydrogen-bond donors (Lipinski definition) is 1. The number of carbonyl (C=O) groups is 1. The number of nitro benzene ring substituents is 1. The maximum atomic E-state index is 12.2. The van der Waals surface area contributed by atoms with Gasteiger partial charge in [-0.1, -0.05) is 29.3 Å². The first kappa shape index (κ1) is 18.6. The second-order valence-corrected chi connectivity index (χ2v) is 6.34. The molecule has 0 atom stereocenters. The summed E-state index contributed by atoms with van der Waals surface area (Å²) in [6.07, 6.45) is 2.00. The number of carbonyl (C=O) groups excluding carboxylic acids is 1. The predicted molar refractivity (Wildman–Crippen MR) is 101 cm³/mol. The fraction of sp³-hybridized carbons (Fsp3) is 0.158. The molecule has 138 valence electrons. The second-order valence-electron chi connectivity index (χ2n) is 5.94. The van der Waals surface area contributed by atoms with E-state index in [2.05, 4.69) is 10.3 Å². The molecule has 0 fully saturated rings. The van der Waals surface area contributed by atoms with Crippen LogP contribution in [-0.4, -0.2) is 22.4 Å². The molecule has 0 aliphatic rings.